The molecule has 0 aromatic heterocycles. The van der Waals surface area contributed by atoms with Crippen molar-refractivity contribution in [2.45, 2.75) is 44.6 Å². The molecule has 0 aromatic rings. The zero-order valence-electron chi connectivity index (χ0n) is 15.3. The first-order chi connectivity index (χ1) is 11.3. The Kier molecular flexibility index (Phi) is 26.5. The molecule has 3 heterocycles. The number of carbonyl (C=O) groups is 1. The Labute approximate surface area is 193 Å². The Bertz CT molecular complexity index is 340. The van der Waals surface area contributed by atoms with Gasteiger partial charge in [0.05, 0.1) is 0 Å². The first-order valence-corrected chi connectivity index (χ1v) is 8.39. The Morgan fingerprint density at radius 2 is 1.23 bits per heavy atom. The summed E-state index contributed by atoms with van der Waals surface area (Å²) in [6.45, 7) is 5.31. The van der Waals surface area contributed by atoms with Crippen molar-refractivity contribution in [1.82, 2.24) is 5.43 Å². The molecule has 3 rings (SSSR count). The van der Waals surface area contributed by atoms with Crippen LogP contribution in [0.2, 0.25) is 0 Å². The second-order valence-corrected chi connectivity index (χ2v) is 5.69. The van der Waals surface area contributed by atoms with Gasteiger partial charge in [-0.15, -0.1) is 39.3 Å². The fourth-order valence-corrected chi connectivity index (χ4v) is 2.34. The maximum atomic E-state index is 10.4. The first kappa shape index (κ1) is 31.4. The van der Waals surface area contributed by atoms with Crippen molar-refractivity contribution in [1.29, 1.82) is 0 Å². The minimum Gasteiger partial charge on any atom is -0.662 e. The molecule has 3 fully saturated rings. The Hall–Kier alpha value is 0.693. The van der Waals surface area contributed by atoms with E-state index < -0.39 is 0 Å². The maximum absolute atomic E-state index is 10.4. The van der Waals surface area contributed by atoms with Crippen LogP contribution in [-0.2, 0) is 60.5 Å². The van der Waals surface area contributed by atoms with Gasteiger partial charge in [-0.05, 0) is 25.7 Å². The molecule has 26 heavy (non-hydrogen) atoms. The van der Waals surface area contributed by atoms with E-state index in [1.165, 1.54) is 0 Å². The van der Waals surface area contributed by atoms with Gasteiger partial charge in [0.1, 0.15) is 5.78 Å². The number of nitrogens with zero attached hydrogens (tertiary/aromatic N) is 4. The molecule has 0 spiro atoms. The van der Waals surface area contributed by atoms with Crippen molar-refractivity contribution in [3.63, 3.8) is 0 Å². The van der Waals surface area contributed by atoms with E-state index >= 15 is 0 Å². The van der Waals surface area contributed by atoms with Crippen LogP contribution in [0.25, 0.3) is 16.0 Å². The average molecular weight is 477 g/mol. The van der Waals surface area contributed by atoms with Gasteiger partial charge in [-0.1, -0.05) is 12.8 Å². The minimum absolute atomic E-state index is 0. The van der Waals surface area contributed by atoms with Crippen LogP contribution in [0.3, 0.4) is 0 Å². The monoisotopic (exact) mass is 477 g/mol. The number of hydrazine groups is 1. The topological polar surface area (TPSA) is 136 Å². The molecule has 3 saturated heterocycles. The molecule has 0 amide bonds. The number of hydrogen-bond donors (Lipinski definition) is 3. The van der Waals surface area contributed by atoms with Gasteiger partial charge in [0.2, 0.25) is 0 Å². The summed E-state index contributed by atoms with van der Waals surface area (Å²) < 4.78 is 0. The SMILES string of the molecule is NN=C1CC[N-]CC1.NNC1CC[N-]CC1.O=C1CC[N-]CC1.[V].[V].[V]. The number of nitrogens with two attached hydrogens (primary N) is 2. The summed E-state index contributed by atoms with van der Waals surface area (Å²) >= 11 is 0. The molecule has 0 saturated carbocycles. The van der Waals surface area contributed by atoms with E-state index in [0.29, 0.717) is 24.7 Å². The number of piperidine rings is 3. The number of ketones is 1. The molecular formula is C15H30N7OV3-3. The molecule has 11 heteroatoms. The van der Waals surface area contributed by atoms with Crippen LogP contribution in [-0.4, -0.2) is 56.8 Å². The number of carbonyl (C=O) groups excluding carboxylic acids is 1. The predicted octanol–water partition coefficient (Wildman–Crippen LogP) is 1.17. The van der Waals surface area contributed by atoms with Gasteiger partial charge in [0.25, 0.3) is 0 Å². The second kappa shape index (κ2) is 22.0. The molecule has 0 atom stereocenters. The van der Waals surface area contributed by atoms with Gasteiger partial charge >= 0.3 is 0 Å². The van der Waals surface area contributed by atoms with E-state index in [9.17, 15) is 4.79 Å². The van der Waals surface area contributed by atoms with Crippen molar-refractivity contribution in [2.75, 3.05) is 39.3 Å². The average Bonchev–Trinajstić information content (AvgIpc) is 2.65. The molecule has 0 aliphatic carbocycles. The summed E-state index contributed by atoms with van der Waals surface area (Å²) in [7, 11) is 0. The largest absolute Gasteiger partial charge is 0.662 e. The molecule has 3 radical (unpaired) electrons. The van der Waals surface area contributed by atoms with Crippen LogP contribution in [0.15, 0.2) is 5.10 Å². The first-order valence-electron chi connectivity index (χ1n) is 8.39. The van der Waals surface area contributed by atoms with Crippen LogP contribution >= 0.6 is 0 Å². The van der Waals surface area contributed by atoms with E-state index in [1.54, 1.807) is 0 Å². The summed E-state index contributed by atoms with van der Waals surface area (Å²) in [6, 6.07) is 0.521. The Balaban J connectivity index is -0.000000289. The summed E-state index contributed by atoms with van der Waals surface area (Å²) in [5.41, 5.74) is 3.86. The van der Waals surface area contributed by atoms with Crippen LogP contribution in [0, 0.1) is 0 Å². The van der Waals surface area contributed by atoms with Crippen molar-refractivity contribution < 1.29 is 60.5 Å². The standard InChI is InChI=1S/C5H12N3.C5H10N3.C5H8NO.3V/c2*6-8-5-1-3-7-4-2-5;7-5-1-3-6-4-2-5;;;/h5,8H,1-4,6H2;1-4,6H2;1-4H2;;;/q3*-1;;;. The van der Waals surface area contributed by atoms with E-state index in [4.69, 9.17) is 11.7 Å². The van der Waals surface area contributed by atoms with Crippen molar-refractivity contribution in [3.8, 4) is 0 Å². The number of rotatable bonds is 1. The third-order valence-corrected chi connectivity index (χ3v) is 3.90. The molecule has 0 unspecified atom stereocenters. The second-order valence-electron chi connectivity index (χ2n) is 5.69. The molecule has 149 valence electrons. The Morgan fingerprint density at radius 1 is 0.808 bits per heavy atom. The van der Waals surface area contributed by atoms with Gasteiger partial charge in [0, 0.05) is 67.4 Å². The normalized spacial score (nSPS) is 19.7. The quantitative estimate of drug-likeness (QED) is 0.386. The van der Waals surface area contributed by atoms with Crippen LogP contribution in [0.4, 0.5) is 0 Å². The fraction of sp³-hybridized carbons (Fsp3) is 0.867. The van der Waals surface area contributed by atoms with E-state index in [-0.39, 0.29) is 55.7 Å². The molecule has 0 aromatic carbocycles. The van der Waals surface area contributed by atoms with E-state index in [1.807, 2.05) is 0 Å². The summed E-state index contributed by atoms with van der Waals surface area (Å²) in [6.07, 6.45) is 5.51. The third-order valence-electron chi connectivity index (χ3n) is 3.90. The van der Waals surface area contributed by atoms with Crippen LogP contribution < -0.4 is 17.1 Å². The van der Waals surface area contributed by atoms with Crippen molar-refractivity contribution in [2.24, 2.45) is 16.8 Å². The van der Waals surface area contributed by atoms with Crippen LogP contribution in [0.1, 0.15) is 38.5 Å². The smallest absolute Gasteiger partial charge is 0.129 e. The van der Waals surface area contributed by atoms with E-state index in [2.05, 4.69) is 26.5 Å². The summed E-state index contributed by atoms with van der Waals surface area (Å²) in [5, 5.41) is 15.9. The van der Waals surface area contributed by atoms with Crippen molar-refractivity contribution >= 4 is 11.5 Å². The fourth-order valence-electron chi connectivity index (χ4n) is 2.34. The summed E-state index contributed by atoms with van der Waals surface area (Å²) in [5.74, 6) is 10.6. The van der Waals surface area contributed by atoms with E-state index in [0.717, 1.165) is 70.7 Å². The van der Waals surface area contributed by atoms with Crippen molar-refractivity contribution in [3.05, 3.63) is 16.0 Å². The molecule has 8 nitrogen and oxygen atoms in total. The van der Waals surface area contributed by atoms with Gasteiger partial charge in [-0.2, -0.15) is 5.10 Å². The molecule has 3 aliphatic heterocycles. The number of hydrogen-bond acceptors (Lipinski definition) is 5. The van der Waals surface area contributed by atoms with Gasteiger partial charge in [-0.25, -0.2) is 0 Å². The molecule has 3 aliphatic rings. The number of Topliss-reactive ketones (excluding diaryl/α,β-unsaturated/α-hetero) is 1. The molecule has 5 N–H and O–H groups in total. The third kappa shape index (κ3) is 16.8. The number of hydrazone groups is 1. The Morgan fingerprint density at radius 3 is 1.50 bits per heavy atom. The minimum atomic E-state index is 0. The molecule has 0 bridgehead atoms. The van der Waals surface area contributed by atoms with Gasteiger partial charge < -0.3 is 21.8 Å². The van der Waals surface area contributed by atoms with Gasteiger partial charge in [0.15, 0.2) is 0 Å². The maximum Gasteiger partial charge on any atom is 0.129 e. The summed E-state index contributed by atoms with van der Waals surface area (Å²) in [4.78, 5) is 10.4. The zero-order chi connectivity index (χ0) is 16.8. The number of nitrogens with one attached hydrogen (secondary N) is 1. The van der Waals surface area contributed by atoms with Gasteiger partial charge in [-0.3, -0.25) is 16.1 Å². The predicted molar refractivity (Wildman–Crippen MR) is 94.7 cm³/mol. The zero-order valence-corrected chi connectivity index (χ0v) is 19.4. The van der Waals surface area contributed by atoms with Crippen LogP contribution in [0.5, 0.6) is 0 Å². The molecular weight excluding hydrogens is 447 g/mol.